The minimum absolute atomic E-state index is 0.108. The number of aromatic nitrogens is 1. The molecule has 0 spiro atoms. The lowest BCUT2D eigenvalue weighted by Gasteiger charge is -2.45. The van der Waals surface area contributed by atoms with Crippen molar-refractivity contribution >= 4 is 5.82 Å². The van der Waals surface area contributed by atoms with Gasteiger partial charge in [-0.1, -0.05) is 26.7 Å². The summed E-state index contributed by atoms with van der Waals surface area (Å²) in [6.45, 7) is 5.58. The number of fused-ring (bicyclic) bond motifs is 1. The van der Waals surface area contributed by atoms with E-state index in [1.807, 2.05) is 0 Å². The molecule has 3 heteroatoms. The zero-order valence-corrected chi connectivity index (χ0v) is 13.4. The molecule has 0 amide bonds. The predicted molar refractivity (Wildman–Crippen MR) is 86.6 cm³/mol. The summed E-state index contributed by atoms with van der Waals surface area (Å²) in [5.74, 6) is 2.36. The Morgan fingerprint density at radius 2 is 1.95 bits per heavy atom. The maximum Gasteiger partial charge on any atom is 0.129 e. The number of anilines is 1. The molecule has 1 saturated heterocycles. The highest BCUT2D eigenvalue weighted by Gasteiger charge is 2.34. The third kappa shape index (κ3) is 3.08. The Bertz CT molecular complexity index is 484. The van der Waals surface area contributed by atoms with Crippen LogP contribution in [0.25, 0.3) is 0 Å². The number of piperidine rings is 1. The molecule has 21 heavy (non-hydrogen) atoms. The molecule has 2 atom stereocenters. The van der Waals surface area contributed by atoms with Gasteiger partial charge in [0.2, 0.25) is 0 Å². The molecule has 2 heterocycles. The van der Waals surface area contributed by atoms with Crippen molar-refractivity contribution in [1.29, 1.82) is 0 Å². The molecule has 0 bridgehead atoms. The van der Waals surface area contributed by atoms with Crippen molar-refractivity contribution in [3.05, 3.63) is 23.4 Å². The Balaban J connectivity index is 1.92. The third-order valence-electron chi connectivity index (χ3n) is 5.20. The maximum atomic E-state index is 9.55. The molecule has 2 aliphatic rings. The number of aliphatic hydroxyl groups excluding tert-OH is 1. The van der Waals surface area contributed by atoms with Crippen molar-refractivity contribution in [2.24, 2.45) is 5.92 Å². The zero-order valence-electron chi connectivity index (χ0n) is 13.4. The lowest BCUT2D eigenvalue weighted by atomic mass is 9.78. The number of rotatable bonds is 3. The summed E-state index contributed by atoms with van der Waals surface area (Å²) in [7, 11) is 0. The van der Waals surface area contributed by atoms with E-state index in [-0.39, 0.29) is 6.61 Å². The van der Waals surface area contributed by atoms with Crippen LogP contribution in [0.3, 0.4) is 0 Å². The second kappa shape index (κ2) is 6.35. The van der Waals surface area contributed by atoms with Gasteiger partial charge < -0.3 is 10.0 Å². The summed E-state index contributed by atoms with van der Waals surface area (Å²) in [5.41, 5.74) is 2.11. The van der Waals surface area contributed by atoms with Crippen molar-refractivity contribution in [2.45, 2.75) is 70.9 Å². The molecule has 1 aromatic rings. The summed E-state index contributed by atoms with van der Waals surface area (Å²) in [6, 6.07) is 4.83. The van der Waals surface area contributed by atoms with Crippen LogP contribution in [0.5, 0.6) is 0 Å². The topological polar surface area (TPSA) is 36.4 Å². The van der Waals surface area contributed by atoms with Crippen molar-refractivity contribution in [2.75, 3.05) is 11.4 Å². The van der Waals surface area contributed by atoms with Crippen LogP contribution >= 0.6 is 0 Å². The highest BCUT2D eigenvalue weighted by molar-refractivity contribution is 5.45. The monoisotopic (exact) mass is 288 g/mol. The molecule has 1 aliphatic carbocycles. The molecule has 0 radical (unpaired) electrons. The van der Waals surface area contributed by atoms with Gasteiger partial charge in [0, 0.05) is 18.3 Å². The number of pyridine rings is 1. The molecule has 3 nitrogen and oxygen atoms in total. The van der Waals surface area contributed by atoms with E-state index in [1.165, 1.54) is 38.5 Å². The van der Waals surface area contributed by atoms with Crippen molar-refractivity contribution < 1.29 is 5.11 Å². The van der Waals surface area contributed by atoms with Crippen LogP contribution in [-0.2, 0) is 6.61 Å². The first kappa shape index (κ1) is 14.8. The van der Waals surface area contributed by atoms with Gasteiger partial charge in [-0.15, -0.1) is 0 Å². The molecular formula is C18H28N2O. The molecule has 0 aromatic carbocycles. The summed E-state index contributed by atoms with van der Waals surface area (Å²) in [6.07, 6.45) is 8.12. The fourth-order valence-electron chi connectivity index (χ4n) is 4.04. The Morgan fingerprint density at radius 3 is 2.71 bits per heavy atom. The summed E-state index contributed by atoms with van der Waals surface area (Å²) in [5, 5.41) is 9.55. The first-order valence-electron chi connectivity index (χ1n) is 8.57. The maximum absolute atomic E-state index is 9.55. The van der Waals surface area contributed by atoms with Gasteiger partial charge in [0.25, 0.3) is 0 Å². The van der Waals surface area contributed by atoms with Crippen LogP contribution in [0, 0.1) is 5.92 Å². The lowest BCUT2D eigenvalue weighted by Crippen LogP contribution is -2.47. The number of hydrogen-bond acceptors (Lipinski definition) is 3. The number of aliphatic hydroxyl groups is 1. The van der Waals surface area contributed by atoms with Crippen LogP contribution in [0.15, 0.2) is 12.1 Å². The lowest BCUT2D eigenvalue weighted by molar-refractivity contribution is 0.242. The van der Waals surface area contributed by atoms with Gasteiger partial charge >= 0.3 is 0 Å². The van der Waals surface area contributed by atoms with Crippen LogP contribution in [0.2, 0.25) is 0 Å². The molecule has 3 rings (SSSR count). The van der Waals surface area contributed by atoms with Gasteiger partial charge in [-0.25, -0.2) is 4.98 Å². The minimum Gasteiger partial charge on any atom is -0.392 e. The third-order valence-corrected chi connectivity index (χ3v) is 5.20. The van der Waals surface area contributed by atoms with Crippen LogP contribution in [0.1, 0.15) is 69.5 Å². The van der Waals surface area contributed by atoms with E-state index in [4.69, 9.17) is 4.98 Å². The highest BCUT2D eigenvalue weighted by Crippen LogP contribution is 2.37. The van der Waals surface area contributed by atoms with Gasteiger partial charge in [0.15, 0.2) is 0 Å². The SMILES string of the molecule is CC(C)c1cc(CO)cc(N2CCC[C@H]3CCCC[C@H]32)n1. The molecule has 2 fully saturated rings. The second-order valence-corrected chi connectivity index (χ2v) is 7.02. The van der Waals surface area contributed by atoms with Crippen LogP contribution < -0.4 is 4.90 Å². The second-order valence-electron chi connectivity index (χ2n) is 7.02. The Labute approximate surface area is 128 Å². The van der Waals surface area contributed by atoms with Crippen LogP contribution in [0.4, 0.5) is 5.82 Å². The van der Waals surface area contributed by atoms with E-state index in [0.29, 0.717) is 12.0 Å². The Hall–Kier alpha value is -1.09. The molecule has 1 N–H and O–H groups in total. The summed E-state index contributed by atoms with van der Waals surface area (Å²) >= 11 is 0. The molecular weight excluding hydrogens is 260 g/mol. The first-order chi connectivity index (χ1) is 10.2. The summed E-state index contributed by atoms with van der Waals surface area (Å²) in [4.78, 5) is 7.45. The Kier molecular flexibility index (Phi) is 4.48. The quantitative estimate of drug-likeness (QED) is 0.917. The standard InChI is InChI=1S/C18H28N2O/c1-13(2)16-10-14(12-21)11-18(19-16)20-9-5-7-15-6-3-4-8-17(15)20/h10-11,13,15,17,21H,3-9,12H2,1-2H3/t15-,17-/m1/s1. The number of nitrogens with zero attached hydrogens (tertiary/aromatic N) is 2. The van der Waals surface area contributed by atoms with Crippen LogP contribution in [-0.4, -0.2) is 22.7 Å². The van der Waals surface area contributed by atoms with E-state index >= 15 is 0 Å². The van der Waals surface area contributed by atoms with Gasteiger partial charge in [-0.05, 0) is 55.2 Å². The van der Waals surface area contributed by atoms with E-state index in [9.17, 15) is 5.11 Å². The molecule has 1 saturated carbocycles. The van der Waals surface area contributed by atoms with Crippen molar-refractivity contribution in [3.8, 4) is 0 Å². The minimum atomic E-state index is 0.108. The number of hydrogen-bond donors (Lipinski definition) is 1. The fourth-order valence-corrected chi connectivity index (χ4v) is 4.04. The Morgan fingerprint density at radius 1 is 1.19 bits per heavy atom. The van der Waals surface area contributed by atoms with E-state index in [0.717, 1.165) is 29.5 Å². The van der Waals surface area contributed by atoms with Crippen molar-refractivity contribution in [1.82, 2.24) is 4.98 Å². The van der Waals surface area contributed by atoms with Gasteiger partial charge in [-0.2, -0.15) is 0 Å². The molecule has 1 aliphatic heterocycles. The largest absolute Gasteiger partial charge is 0.392 e. The normalized spacial score (nSPS) is 26.0. The molecule has 1 aromatic heterocycles. The van der Waals surface area contributed by atoms with Crippen molar-refractivity contribution in [3.63, 3.8) is 0 Å². The van der Waals surface area contributed by atoms with Gasteiger partial charge in [0.1, 0.15) is 5.82 Å². The first-order valence-corrected chi connectivity index (χ1v) is 8.57. The molecule has 116 valence electrons. The van der Waals surface area contributed by atoms with E-state index in [2.05, 4.69) is 30.9 Å². The van der Waals surface area contributed by atoms with E-state index < -0.39 is 0 Å². The summed E-state index contributed by atoms with van der Waals surface area (Å²) < 4.78 is 0. The highest BCUT2D eigenvalue weighted by atomic mass is 16.3. The van der Waals surface area contributed by atoms with E-state index in [1.54, 1.807) is 0 Å². The van der Waals surface area contributed by atoms with Gasteiger partial charge in [-0.3, -0.25) is 0 Å². The smallest absolute Gasteiger partial charge is 0.129 e. The van der Waals surface area contributed by atoms with Gasteiger partial charge in [0.05, 0.1) is 6.61 Å². The fraction of sp³-hybridized carbons (Fsp3) is 0.722. The molecule has 0 unspecified atom stereocenters. The predicted octanol–water partition coefficient (Wildman–Crippen LogP) is 3.86. The average Bonchev–Trinajstić information content (AvgIpc) is 2.53. The zero-order chi connectivity index (χ0) is 14.8. The average molecular weight is 288 g/mol.